The quantitative estimate of drug-likeness (QED) is 0.315. The summed E-state index contributed by atoms with van der Waals surface area (Å²) in [6, 6.07) is 8.30. The Kier molecular flexibility index (Phi) is 6.21. The molecular weight excluding hydrogens is 448 g/mol. The molecule has 1 fully saturated rings. The Hall–Kier alpha value is -2.36. The fraction of sp³-hybridized carbons (Fsp3) is 0.391. The smallest absolute Gasteiger partial charge is 0.248 e. The summed E-state index contributed by atoms with van der Waals surface area (Å²) >= 11 is 3.20. The minimum Gasteiger partial charge on any atom is -0.296 e. The van der Waals surface area contributed by atoms with Crippen molar-refractivity contribution in [3.05, 3.63) is 71.2 Å². The van der Waals surface area contributed by atoms with E-state index in [0.29, 0.717) is 12.8 Å². The molecule has 168 valence electrons. The van der Waals surface area contributed by atoms with Crippen molar-refractivity contribution in [3.8, 4) is 10.3 Å². The van der Waals surface area contributed by atoms with Gasteiger partial charge in [-0.25, -0.2) is 18.7 Å². The molecule has 1 saturated carbocycles. The number of alkyl halides is 2. The van der Waals surface area contributed by atoms with E-state index >= 15 is 0 Å². The highest BCUT2D eigenvalue weighted by Gasteiger charge is 2.35. The van der Waals surface area contributed by atoms with E-state index in [2.05, 4.69) is 36.1 Å². The zero-order valence-corrected chi connectivity index (χ0v) is 19.2. The highest BCUT2D eigenvalue weighted by Crippen LogP contribution is 2.36. The number of rotatable bonds is 8. The number of nitrogens with zero attached hydrogens (tertiary/aromatic N) is 5. The zero-order chi connectivity index (χ0) is 22.0. The largest absolute Gasteiger partial charge is 0.296 e. The van der Waals surface area contributed by atoms with Crippen LogP contribution in [0.15, 0.2) is 59.8 Å². The van der Waals surface area contributed by atoms with Crippen molar-refractivity contribution in [1.82, 2.24) is 24.0 Å². The molecule has 9 heteroatoms. The van der Waals surface area contributed by atoms with Gasteiger partial charge in [-0.1, -0.05) is 0 Å². The van der Waals surface area contributed by atoms with Gasteiger partial charge in [-0.05, 0) is 43.0 Å². The topological polar surface area (TPSA) is 38.9 Å². The number of hydrogen-bond donors (Lipinski definition) is 0. The summed E-state index contributed by atoms with van der Waals surface area (Å²) in [6.07, 6.45) is 8.83. The minimum absolute atomic E-state index is 0.00348. The van der Waals surface area contributed by atoms with Crippen molar-refractivity contribution in [3.63, 3.8) is 0 Å². The van der Waals surface area contributed by atoms with E-state index < -0.39 is 5.92 Å². The van der Waals surface area contributed by atoms with Crippen LogP contribution in [-0.2, 0) is 13.1 Å². The molecule has 5 nitrogen and oxygen atoms in total. The molecule has 4 aromatic rings. The summed E-state index contributed by atoms with van der Waals surface area (Å²) in [4.78, 5) is 11.3. The summed E-state index contributed by atoms with van der Waals surface area (Å²) in [5, 5.41) is 5.82. The third-order valence-corrected chi connectivity index (χ3v) is 7.58. The summed E-state index contributed by atoms with van der Waals surface area (Å²) in [6.45, 7) is 2.24. The number of thiazole rings is 2. The van der Waals surface area contributed by atoms with Crippen LogP contribution in [0.25, 0.3) is 10.3 Å². The molecule has 1 aliphatic carbocycles. The molecule has 0 atom stereocenters. The van der Waals surface area contributed by atoms with Crippen molar-refractivity contribution in [2.75, 3.05) is 6.54 Å². The van der Waals surface area contributed by atoms with Gasteiger partial charge in [-0.15, -0.1) is 22.7 Å². The fourth-order valence-electron chi connectivity index (χ4n) is 4.42. The first-order valence-electron chi connectivity index (χ1n) is 10.8. The van der Waals surface area contributed by atoms with Crippen molar-refractivity contribution in [2.24, 2.45) is 5.92 Å². The highest BCUT2D eigenvalue weighted by atomic mass is 32.1. The van der Waals surface area contributed by atoms with Gasteiger partial charge in [0.2, 0.25) is 5.92 Å². The molecule has 0 spiro atoms. The number of hydrogen-bond acceptors (Lipinski definition) is 5. The van der Waals surface area contributed by atoms with Gasteiger partial charge in [0.15, 0.2) is 10.3 Å². The van der Waals surface area contributed by atoms with Crippen LogP contribution in [0, 0.1) is 5.92 Å². The summed E-state index contributed by atoms with van der Waals surface area (Å²) in [7, 11) is 0. The van der Waals surface area contributed by atoms with Crippen LogP contribution in [0.2, 0.25) is 0 Å². The Morgan fingerprint density at radius 2 is 1.44 bits per heavy atom. The SMILES string of the molecule is FC1(F)CCC(CN(Cc2cccn2-c2nccs2)Cc2cccn2-c2nccs2)CC1. The van der Waals surface area contributed by atoms with E-state index in [9.17, 15) is 8.78 Å². The van der Waals surface area contributed by atoms with Gasteiger partial charge in [0.05, 0.1) is 0 Å². The number of halogens is 2. The van der Waals surface area contributed by atoms with Crippen LogP contribution in [0.4, 0.5) is 8.78 Å². The first-order valence-corrected chi connectivity index (χ1v) is 12.6. The average Bonchev–Trinajstić information content (AvgIpc) is 3.56. The predicted octanol–water partition coefficient (Wildman–Crippen LogP) is 6.01. The molecule has 1 aliphatic rings. The molecule has 0 aliphatic heterocycles. The van der Waals surface area contributed by atoms with E-state index in [-0.39, 0.29) is 18.8 Å². The molecule has 32 heavy (non-hydrogen) atoms. The van der Waals surface area contributed by atoms with E-state index in [1.165, 1.54) is 0 Å². The second-order valence-electron chi connectivity index (χ2n) is 8.34. The number of aromatic nitrogens is 4. The van der Waals surface area contributed by atoms with Gasteiger partial charge in [-0.2, -0.15) is 0 Å². The lowest BCUT2D eigenvalue weighted by atomic mass is 9.86. The molecule has 0 N–H and O–H groups in total. The second-order valence-corrected chi connectivity index (χ2v) is 10.1. The Bertz CT molecular complexity index is 1030. The molecule has 4 heterocycles. The standard InChI is InChI=1S/C23H25F2N5S2/c24-23(25)7-5-18(6-8-23)15-28(16-19-3-1-11-29(19)21-26-9-13-31-21)17-20-4-2-12-30(20)22-27-10-14-32-22/h1-4,9-14,18H,5-8,15-17H2. The van der Waals surface area contributed by atoms with Crippen molar-refractivity contribution >= 4 is 22.7 Å². The van der Waals surface area contributed by atoms with Gasteiger partial charge >= 0.3 is 0 Å². The van der Waals surface area contributed by atoms with E-state index in [0.717, 1.165) is 41.3 Å². The molecule has 0 amide bonds. The summed E-state index contributed by atoms with van der Waals surface area (Å²) in [5.74, 6) is -2.22. The first-order chi connectivity index (χ1) is 15.6. The maximum Gasteiger partial charge on any atom is 0.248 e. The molecule has 0 aromatic carbocycles. The van der Waals surface area contributed by atoms with Crippen LogP contribution in [0.1, 0.15) is 37.1 Å². The van der Waals surface area contributed by atoms with Gasteiger partial charge in [-0.3, -0.25) is 14.0 Å². The highest BCUT2D eigenvalue weighted by molar-refractivity contribution is 7.12. The minimum atomic E-state index is -2.50. The molecule has 0 unspecified atom stereocenters. The Morgan fingerprint density at radius 1 is 0.906 bits per heavy atom. The third kappa shape index (κ3) is 4.84. The normalized spacial score (nSPS) is 16.7. The predicted molar refractivity (Wildman–Crippen MR) is 124 cm³/mol. The monoisotopic (exact) mass is 473 g/mol. The van der Waals surface area contributed by atoms with Crippen molar-refractivity contribution in [1.29, 1.82) is 0 Å². The van der Waals surface area contributed by atoms with Crippen molar-refractivity contribution in [2.45, 2.75) is 44.7 Å². The summed E-state index contributed by atoms with van der Waals surface area (Å²) < 4.78 is 31.7. The lowest BCUT2D eigenvalue weighted by molar-refractivity contribution is -0.0494. The fourth-order valence-corrected chi connectivity index (χ4v) is 5.74. The Labute approximate surface area is 194 Å². The molecule has 0 radical (unpaired) electrons. The van der Waals surface area contributed by atoms with E-state index in [1.54, 1.807) is 22.7 Å². The second kappa shape index (κ2) is 9.25. The first kappa shape index (κ1) is 21.5. The molecule has 4 aromatic heterocycles. The molecule has 0 saturated heterocycles. The van der Waals surface area contributed by atoms with Crippen LogP contribution in [-0.4, -0.2) is 36.5 Å². The van der Waals surface area contributed by atoms with Gasteiger partial charge in [0.25, 0.3) is 0 Å². The maximum atomic E-state index is 13.7. The van der Waals surface area contributed by atoms with Gasteiger partial charge in [0.1, 0.15) is 0 Å². The lowest BCUT2D eigenvalue weighted by Gasteiger charge is -2.33. The summed E-state index contributed by atoms with van der Waals surface area (Å²) in [5.41, 5.74) is 2.29. The van der Waals surface area contributed by atoms with E-state index in [4.69, 9.17) is 0 Å². The van der Waals surface area contributed by atoms with Crippen LogP contribution in [0.3, 0.4) is 0 Å². The molecular formula is C23H25F2N5S2. The Balaban J connectivity index is 1.38. The van der Waals surface area contributed by atoms with Crippen LogP contribution in [0.5, 0.6) is 0 Å². The zero-order valence-electron chi connectivity index (χ0n) is 17.6. The van der Waals surface area contributed by atoms with Crippen molar-refractivity contribution < 1.29 is 8.78 Å². The van der Waals surface area contributed by atoms with Gasteiger partial charge < -0.3 is 0 Å². The van der Waals surface area contributed by atoms with E-state index in [1.807, 2.05) is 47.7 Å². The average molecular weight is 474 g/mol. The molecule has 0 bridgehead atoms. The lowest BCUT2D eigenvalue weighted by Crippen LogP contribution is -2.34. The van der Waals surface area contributed by atoms with Crippen LogP contribution < -0.4 is 0 Å². The maximum absolute atomic E-state index is 13.7. The molecule has 5 rings (SSSR count). The van der Waals surface area contributed by atoms with Crippen LogP contribution >= 0.6 is 22.7 Å². The third-order valence-electron chi connectivity index (χ3n) is 6.04. The van der Waals surface area contributed by atoms with Gasteiger partial charge in [0, 0.05) is 79.4 Å². The Morgan fingerprint density at radius 3 is 1.91 bits per heavy atom.